The fourth-order valence-electron chi connectivity index (χ4n) is 3.64. The molecule has 0 radical (unpaired) electrons. The monoisotopic (exact) mass is 504 g/mol. The molecule has 1 fully saturated rings. The predicted octanol–water partition coefficient (Wildman–Crippen LogP) is 3.88. The summed E-state index contributed by atoms with van der Waals surface area (Å²) in [4.78, 5) is 15.1. The molecule has 0 atom stereocenters. The van der Waals surface area contributed by atoms with E-state index in [0.717, 1.165) is 45.8 Å². The van der Waals surface area contributed by atoms with Gasteiger partial charge in [0.1, 0.15) is 17.3 Å². The van der Waals surface area contributed by atoms with Crippen molar-refractivity contribution in [2.75, 3.05) is 63.2 Å². The molecular formula is C25H33FN4O4S. The second-order valence-electron chi connectivity index (χ2n) is 7.83. The molecule has 2 aromatic rings. The predicted molar refractivity (Wildman–Crippen MR) is 139 cm³/mol. The summed E-state index contributed by atoms with van der Waals surface area (Å²) in [5.74, 6) is -0.281. The molecule has 0 aliphatic carbocycles. The summed E-state index contributed by atoms with van der Waals surface area (Å²) in [6.45, 7) is 9.67. The Balaban J connectivity index is 1.67. The van der Waals surface area contributed by atoms with E-state index in [2.05, 4.69) is 20.9 Å². The van der Waals surface area contributed by atoms with Crippen molar-refractivity contribution in [1.29, 1.82) is 0 Å². The first-order chi connectivity index (χ1) is 17.0. The van der Waals surface area contributed by atoms with Crippen molar-refractivity contribution >= 4 is 34.6 Å². The maximum atomic E-state index is 14.1. The Morgan fingerprint density at radius 2 is 1.69 bits per heavy atom. The summed E-state index contributed by atoms with van der Waals surface area (Å²) < 4.78 is 31.0. The average Bonchev–Trinajstić information content (AvgIpc) is 2.85. The Labute approximate surface area is 211 Å². The minimum Gasteiger partial charge on any atom is -0.492 e. The van der Waals surface area contributed by atoms with Gasteiger partial charge in [0.15, 0.2) is 5.11 Å². The van der Waals surface area contributed by atoms with Crippen LogP contribution in [-0.2, 0) is 4.74 Å². The van der Waals surface area contributed by atoms with Crippen molar-refractivity contribution in [2.24, 2.45) is 0 Å². The van der Waals surface area contributed by atoms with Gasteiger partial charge in [0, 0.05) is 31.8 Å². The Hall–Kier alpha value is -2.95. The molecule has 0 spiro atoms. The van der Waals surface area contributed by atoms with Gasteiger partial charge in [-0.15, -0.1) is 0 Å². The van der Waals surface area contributed by atoms with Crippen molar-refractivity contribution in [2.45, 2.75) is 20.3 Å². The van der Waals surface area contributed by atoms with Crippen LogP contribution in [0.3, 0.4) is 0 Å². The molecule has 3 rings (SSSR count). The molecule has 35 heavy (non-hydrogen) atoms. The fraction of sp³-hybridized carbons (Fsp3) is 0.440. The van der Waals surface area contributed by atoms with Crippen LogP contribution < -0.4 is 25.4 Å². The summed E-state index contributed by atoms with van der Waals surface area (Å²) in [7, 11) is 0. The van der Waals surface area contributed by atoms with Crippen LogP contribution in [0.1, 0.15) is 30.6 Å². The Morgan fingerprint density at radius 1 is 1.06 bits per heavy atom. The lowest BCUT2D eigenvalue weighted by atomic mass is 10.1. The van der Waals surface area contributed by atoms with Crippen LogP contribution in [0.4, 0.5) is 15.8 Å². The SMILES string of the molecule is CCOc1cc(NC(=S)NCCCN2CCOCC2)c(OCC)cc1NC(=O)c1ccccc1F. The number of benzene rings is 2. The maximum absolute atomic E-state index is 14.1. The van der Waals surface area contributed by atoms with E-state index in [1.54, 1.807) is 18.2 Å². The fourth-order valence-corrected chi connectivity index (χ4v) is 3.85. The van der Waals surface area contributed by atoms with E-state index >= 15 is 0 Å². The van der Waals surface area contributed by atoms with Crippen molar-refractivity contribution in [3.8, 4) is 11.5 Å². The molecule has 3 N–H and O–H groups in total. The molecule has 8 nitrogen and oxygen atoms in total. The summed E-state index contributed by atoms with van der Waals surface area (Å²) >= 11 is 5.47. The zero-order valence-corrected chi connectivity index (χ0v) is 21.0. The molecular weight excluding hydrogens is 471 g/mol. The van der Waals surface area contributed by atoms with E-state index in [4.69, 9.17) is 26.4 Å². The van der Waals surface area contributed by atoms with Crippen molar-refractivity contribution < 1.29 is 23.4 Å². The van der Waals surface area contributed by atoms with E-state index in [0.29, 0.717) is 41.2 Å². The number of thiocarbonyl (C=S) groups is 1. The second kappa shape index (κ2) is 13.8. The van der Waals surface area contributed by atoms with Gasteiger partial charge in [-0.1, -0.05) is 12.1 Å². The lowest BCUT2D eigenvalue weighted by Crippen LogP contribution is -2.38. The molecule has 190 valence electrons. The molecule has 0 saturated carbocycles. The van der Waals surface area contributed by atoms with Gasteiger partial charge in [-0.2, -0.15) is 0 Å². The second-order valence-corrected chi connectivity index (χ2v) is 8.24. The van der Waals surface area contributed by atoms with E-state index in [1.807, 2.05) is 13.8 Å². The number of hydrogen-bond acceptors (Lipinski definition) is 6. The summed E-state index contributed by atoms with van der Waals surface area (Å²) in [6.07, 6.45) is 0.950. The number of anilines is 2. The molecule has 1 aliphatic heterocycles. The first-order valence-corrected chi connectivity index (χ1v) is 12.3. The topological polar surface area (TPSA) is 84.1 Å². The van der Waals surface area contributed by atoms with Gasteiger partial charge in [0.25, 0.3) is 5.91 Å². The number of carbonyl (C=O) groups is 1. The van der Waals surface area contributed by atoms with E-state index in [-0.39, 0.29) is 5.56 Å². The van der Waals surface area contributed by atoms with Gasteiger partial charge in [-0.05, 0) is 51.2 Å². The normalized spacial score (nSPS) is 13.7. The zero-order valence-electron chi connectivity index (χ0n) is 20.2. The number of hydrogen-bond donors (Lipinski definition) is 3. The average molecular weight is 505 g/mol. The van der Waals surface area contributed by atoms with Crippen molar-refractivity contribution in [1.82, 2.24) is 10.2 Å². The first-order valence-electron chi connectivity index (χ1n) is 11.9. The maximum Gasteiger partial charge on any atom is 0.258 e. The third kappa shape index (κ3) is 8.05. The van der Waals surface area contributed by atoms with Crippen LogP contribution in [0, 0.1) is 5.82 Å². The molecule has 1 aliphatic rings. The highest BCUT2D eigenvalue weighted by Crippen LogP contribution is 2.37. The molecule has 0 unspecified atom stereocenters. The number of carbonyl (C=O) groups excluding carboxylic acids is 1. The Bertz CT molecular complexity index is 1000. The van der Waals surface area contributed by atoms with Crippen LogP contribution >= 0.6 is 12.2 Å². The van der Waals surface area contributed by atoms with Gasteiger partial charge in [-0.3, -0.25) is 9.69 Å². The summed E-state index contributed by atoms with van der Waals surface area (Å²) in [5.41, 5.74) is 0.918. The zero-order chi connectivity index (χ0) is 25.0. The number of amides is 1. The Kier molecular flexibility index (Phi) is 10.5. The minimum absolute atomic E-state index is 0.0578. The number of ether oxygens (including phenoxy) is 3. The third-order valence-corrected chi connectivity index (χ3v) is 5.58. The van der Waals surface area contributed by atoms with Gasteiger partial charge < -0.3 is 30.2 Å². The first kappa shape index (κ1) is 26.7. The van der Waals surface area contributed by atoms with Gasteiger partial charge >= 0.3 is 0 Å². The highest BCUT2D eigenvalue weighted by atomic mass is 32.1. The third-order valence-electron chi connectivity index (χ3n) is 5.34. The largest absolute Gasteiger partial charge is 0.492 e. The molecule has 0 bridgehead atoms. The number of nitrogens with one attached hydrogen (secondary N) is 3. The minimum atomic E-state index is -0.601. The van der Waals surface area contributed by atoms with E-state index in [9.17, 15) is 9.18 Å². The number of rotatable bonds is 11. The molecule has 2 aromatic carbocycles. The molecule has 1 saturated heterocycles. The van der Waals surface area contributed by atoms with E-state index in [1.165, 1.54) is 18.2 Å². The molecule has 0 aromatic heterocycles. The van der Waals surface area contributed by atoms with Gasteiger partial charge in [0.05, 0.1) is 43.4 Å². The molecule has 10 heteroatoms. The van der Waals surface area contributed by atoms with Crippen LogP contribution in [-0.4, -0.2) is 68.5 Å². The highest BCUT2D eigenvalue weighted by molar-refractivity contribution is 7.80. The van der Waals surface area contributed by atoms with Crippen LogP contribution in [0.2, 0.25) is 0 Å². The molecule has 1 amide bonds. The standard InChI is InChI=1S/C25H33FN4O4S/c1-3-33-22-17-21(29-25(35)27-10-7-11-30-12-14-32-15-13-30)23(34-4-2)16-20(22)28-24(31)18-8-5-6-9-19(18)26/h5-6,8-9,16-17H,3-4,7,10-15H2,1-2H3,(H,28,31)(H2,27,29,35). The van der Waals surface area contributed by atoms with Crippen LogP contribution in [0.15, 0.2) is 36.4 Å². The van der Waals surface area contributed by atoms with Crippen molar-refractivity contribution in [3.05, 3.63) is 47.8 Å². The quantitative estimate of drug-likeness (QED) is 0.314. The number of halogens is 1. The lowest BCUT2D eigenvalue weighted by Gasteiger charge is -2.26. The molecule has 1 heterocycles. The van der Waals surface area contributed by atoms with Crippen LogP contribution in [0.25, 0.3) is 0 Å². The smallest absolute Gasteiger partial charge is 0.258 e. The van der Waals surface area contributed by atoms with E-state index < -0.39 is 11.7 Å². The van der Waals surface area contributed by atoms with Crippen LogP contribution in [0.5, 0.6) is 11.5 Å². The summed E-state index contributed by atoms with van der Waals surface area (Å²) in [6, 6.07) is 9.17. The highest BCUT2D eigenvalue weighted by Gasteiger charge is 2.18. The van der Waals surface area contributed by atoms with Gasteiger partial charge in [0.2, 0.25) is 0 Å². The number of morpholine rings is 1. The summed E-state index contributed by atoms with van der Waals surface area (Å²) in [5, 5.41) is 9.57. The van der Waals surface area contributed by atoms with Gasteiger partial charge in [-0.25, -0.2) is 4.39 Å². The number of nitrogens with zero attached hydrogens (tertiary/aromatic N) is 1. The van der Waals surface area contributed by atoms with Crippen molar-refractivity contribution in [3.63, 3.8) is 0 Å². The lowest BCUT2D eigenvalue weighted by molar-refractivity contribution is 0.0376. The Morgan fingerprint density at radius 3 is 2.31 bits per heavy atom.